The molecule has 2 fully saturated rings. The average molecular weight is 201 g/mol. The number of rotatable bonds is 2. The zero-order valence-electron chi connectivity index (χ0n) is 8.94. The fourth-order valence-electron chi connectivity index (χ4n) is 2.53. The molecule has 2 atom stereocenters. The highest BCUT2D eigenvalue weighted by Crippen LogP contribution is 2.46. The van der Waals surface area contributed by atoms with Crippen LogP contribution in [0.3, 0.4) is 0 Å². The van der Waals surface area contributed by atoms with Crippen LogP contribution in [0.15, 0.2) is 24.3 Å². The zero-order valence-corrected chi connectivity index (χ0v) is 8.94. The number of carbonyl (C=O) groups excluding carboxylic acids is 1. The highest BCUT2D eigenvalue weighted by atomic mass is 16.2. The first-order valence-electron chi connectivity index (χ1n) is 5.58. The van der Waals surface area contributed by atoms with Crippen LogP contribution < -0.4 is 0 Å². The van der Waals surface area contributed by atoms with Crippen LogP contribution in [0.5, 0.6) is 0 Å². The molecule has 3 rings (SSSR count). The van der Waals surface area contributed by atoms with E-state index >= 15 is 0 Å². The first kappa shape index (κ1) is 8.96. The predicted molar refractivity (Wildman–Crippen MR) is 58.2 cm³/mol. The van der Waals surface area contributed by atoms with Gasteiger partial charge in [0.15, 0.2) is 0 Å². The Kier molecular flexibility index (Phi) is 1.84. The molecule has 1 saturated heterocycles. The summed E-state index contributed by atoms with van der Waals surface area (Å²) in [6, 6.07) is 8.42. The van der Waals surface area contributed by atoms with Crippen molar-refractivity contribution in [2.75, 3.05) is 6.54 Å². The molecule has 1 heterocycles. The second-order valence-corrected chi connectivity index (χ2v) is 4.81. The minimum absolute atomic E-state index is 0.376. The smallest absolute Gasteiger partial charge is 0.226 e. The van der Waals surface area contributed by atoms with Gasteiger partial charge in [0, 0.05) is 19.0 Å². The Morgan fingerprint density at radius 3 is 3.00 bits per heavy atom. The summed E-state index contributed by atoms with van der Waals surface area (Å²) in [5, 5.41) is 0. The molecule has 0 N–H and O–H groups in total. The quantitative estimate of drug-likeness (QED) is 0.716. The highest BCUT2D eigenvalue weighted by molar-refractivity contribution is 5.84. The van der Waals surface area contributed by atoms with Crippen molar-refractivity contribution in [1.82, 2.24) is 4.90 Å². The zero-order chi connectivity index (χ0) is 10.4. The van der Waals surface area contributed by atoms with Gasteiger partial charge in [0.1, 0.15) is 0 Å². The van der Waals surface area contributed by atoms with Gasteiger partial charge < -0.3 is 4.90 Å². The molecule has 0 aromatic heterocycles. The minimum Gasteiger partial charge on any atom is -0.338 e. The molecule has 0 bridgehead atoms. The largest absolute Gasteiger partial charge is 0.338 e. The molecule has 1 aromatic carbocycles. The van der Waals surface area contributed by atoms with Crippen LogP contribution >= 0.6 is 0 Å². The second kappa shape index (κ2) is 3.09. The van der Waals surface area contributed by atoms with Crippen LogP contribution in [0.4, 0.5) is 0 Å². The average Bonchev–Trinajstić information content (AvgIpc) is 2.89. The fraction of sp³-hybridized carbons (Fsp3) is 0.462. The summed E-state index contributed by atoms with van der Waals surface area (Å²) in [5.41, 5.74) is 2.52. The molecule has 1 aliphatic heterocycles. The van der Waals surface area contributed by atoms with E-state index in [1.807, 2.05) is 4.90 Å². The summed E-state index contributed by atoms with van der Waals surface area (Å²) in [6.07, 6.45) is 1.14. The number of hydrogen-bond donors (Lipinski definition) is 0. The van der Waals surface area contributed by atoms with E-state index in [0.717, 1.165) is 19.5 Å². The molecular weight excluding hydrogens is 186 g/mol. The predicted octanol–water partition coefficient (Wildman–Crippen LogP) is 1.97. The first-order valence-corrected chi connectivity index (χ1v) is 5.58. The number of nitrogens with zero attached hydrogens (tertiary/aromatic N) is 1. The Balaban J connectivity index is 1.73. The van der Waals surface area contributed by atoms with Crippen molar-refractivity contribution in [2.45, 2.75) is 19.9 Å². The molecule has 2 unspecified atom stereocenters. The minimum atomic E-state index is 0.376. The maximum absolute atomic E-state index is 11.8. The van der Waals surface area contributed by atoms with Crippen LogP contribution in [-0.4, -0.2) is 17.4 Å². The van der Waals surface area contributed by atoms with Crippen molar-refractivity contribution >= 4 is 5.91 Å². The van der Waals surface area contributed by atoms with E-state index in [0.29, 0.717) is 17.7 Å². The van der Waals surface area contributed by atoms with Gasteiger partial charge in [0.05, 0.1) is 0 Å². The number of carbonyl (C=O) groups is 1. The van der Waals surface area contributed by atoms with Crippen LogP contribution in [-0.2, 0) is 11.3 Å². The summed E-state index contributed by atoms with van der Waals surface area (Å²) in [5.74, 6) is 1.44. The van der Waals surface area contributed by atoms with Gasteiger partial charge in [-0.15, -0.1) is 0 Å². The van der Waals surface area contributed by atoms with Gasteiger partial charge in [-0.25, -0.2) is 0 Å². The Morgan fingerprint density at radius 2 is 2.33 bits per heavy atom. The SMILES string of the molecule is Cc1cccc(CN2CC3CC3C2=O)c1. The van der Waals surface area contributed by atoms with Crippen molar-refractivity contribution < 1.29 is 4.79 Å². The summed E-state index contributed by atoms with van der Waals surface area (Å²) in [7, 11) is 0. The molecule has 0 spiro atoms. The molecule has 0 radical (unpaired) electrons. The highest BCUT2D eigenvalue weighted by Gasteiger charge is 2.51. The lowest BCUT2D eigenvalue weighted by Gasteiger charge is -2.18. The second-order valence-electron chi connectivity index (χ2n) is 4.81. The van der Waals surface area contributed by atoms with E-state index in [4.69, 9.17) is 0 Å². The molecule has 2 aliphatic rings. The summed E-state index contributed by atoms with van der Waals surface area (Å²) in [6.45, 7) is 3.87. The third-order valence-electron chi connectivity index (χ3n) is 3.46. The number of likely N-dealkylation sites (tertiary alicyclic amines) is 1. The first-order chi connectivity index (χ1) is 7.24. The Bertz CT molecular complexity index is 413. The van der Waals surface area contributed by atoms with E-state index in [1.165, 1.54) is 11.1 Å². The van der Waals surface area contributed by atoms with Crippen LogP contribution in [0, 0.1) is 18.8 Å². The lowest BCUT2D eigenvalue weighted by molar-refractivity contribution is -0.130. The van der Waals surface area contributed by atoms with Crippen LogP contribution in [0.25, 0.3) is 0 Å². The van der Waals surface area contributed by atoms with Crippen molar-refractivity contribution in [2.24, 2.45) is 11.8 Å². The molecule has 1 amide bonds. The van der Waals surface area contributed by atoms with E-state index in [9.17, 15) is 4.79 Å². The Hall–Kier alpha value is -1.31. The van der Waals surface area contributed by atoms with Gasteiger partial charge in [-0.05, 0) is 24.8 Å². The monoisotopic (exact) mass is 201 g/mol. The van der Waals surface area contributed by atoms with Gasteiger partial charge >= 0.3 is 0 Å². The number of piperidine rings is 1. The van der Waals surface area contributed by atoms with E-state index in [1.54, 1.807) is 0 Å². The van der Waals surface area contributed by atoms with Crippen molar-refractivity contribution in [3.63, 3.8) is 0 Å². The topological polar surface area (TPSA) is 20.3 Å². The fourth-order valence-corrected chi connectivity index (χ4v) is 2.53. The third-order valence-corrected chi connectivity index (χ3v) is 3.46. The van der Waals surface area contributed by atoms with Crippen molar-refractivity contribution in [3.8, 4) is 0 Å². The number of benzene rings is 1. The number of hydrogen-bond acceptors (Lipinski definition) is 1. The Morgan fingerprint density at radius 1 is 1.47 bits per heavy atom. The lowest BCUT2D eigenvalue weighted by atomic mass is 10.1. The van der Waals surface area contributed by atoms with Crippen LogP contribution in [0.2, 0.25) is 0 Å². The molecule has 1 saturated carbocycles. The Labute approximate surface area is 89.9 Å². The number of fused-ring (bicyclic) bond motifs is 1. The third kappa shape index (κ3) is 1.54. The van der Waals surface area contributed by atoms with Gasteiger partial charge in [0.25, 0.3) is 0 Å². The van der Waals surface area contributed by atoms with Gasteiger partial charge in [-0.3, -0.25) is 4.79 Å². The molecular formula is C13H15NO. The van der Waals surface area contributed by atoms with Crippen LogP contribution in [0.1, 0.15) is 17.5 Å². The number of amides is 1. The van der Waals surface area contributed by atoms with Gasteiger partial charge in [0.2, 0.25) is 5.91 Å². The maximum atomic E-state index is 11.8. The summed E-state index contributed by atoms with van der Waals surface area (Å²) >= 11 is 0. The maximum Gasteiger partial charge on any atom is 0.226 e. The van der Waals surface area contributed by atoms with E-state index < -0.39 is 0 Å². The van der Waals surface area contributed by atoms with Gasteiger partial charge in [-0.1, -0.05) is 29.8 Å². The van der Waals surface area contributed by atoms with E-state index in [2.05, 4.69) is 31.2 Å². The molecule has 78 valence electrons. The van der Waals surface area contributed by atoms with Gasteiger partial charge in [-0.2, -0.15) is 0 Å². The normalized spacial score (nSPS) is 28.1. The molecule has 15 heavy (non-hydrogen) atoms. The molecule has 2 heteroatoms. The van der Waals surface area contributed by atoms with Crippen molar-refractivity contribution in [3.05, 3.63) is 35.4 Å². The van der Waals surface area contributed by atoms with Crippen molar-refractivity contribution in [1.29, 1.82) is 0 Å². The molecule has 1 aromatic rings. The molecule has 2 nitrogen and oxygen atoms in total. The van der Waals surface area contributed by atoms with E-state index in [-0.39, 0.29) is 0 Å². The summed E-state index contributed by atoms with van der Waals surface area (Å²) < 4.78 is 0. The lowest BCUT2D eigenvalue weighted by Crippen LogP contribution is -2.27. The summed E-state index contributed by atoms with van der Waals surface area (Å²) in [4.78, 5) is 13.8. The number of aryl methyl sites for hydroxylation is 1. The molecule has 1 aliphatic carbocycles. The standard InChI is InChI=1S/C13H15NO/c1-9-3-2-4-10(5-9)7-14-8-11-6-12(11)13(14)15/h2-5,11-12H,6-8H2,1H3.